The number of hydrogen-bond donors (Lipinski definition) is 1. The highest BCUT2D eigenvalue weighted by Gasteiger charge is 2.05. The molecular weight excluding hydrogens is 224 g/mol. The Hall–Kier alpha value is -0.710. The van der Waals surface area contributed by atoms with Crippen LogP contribution in [0.3, 0.4) is 0 Å². The zero-order chi connectivity index (χ0) is 10.5. The van der Waals surface area contributed by atoms with Gasteiger partial charge in [0.25, 0.3) is 0 Å². The molecule has 80 valence electrons. The van der Waals surface area contributed by atoms with Crippen LogP contribution in [0.25, 0.3) is 0 Å². The first kappa shape index (κ1) is 10.8. The summed E-state index contributed by atoms with van der Waals surface area (Å²) in [7, 11) is 0. The molecule has 2 nitrogen and oxygen atoms in total. The third kappa shape index (κ3) is 3.12. The summed E-state index contributed by atoms with van der Waals surface area (Å²) < 4.78 is 0. The van der Waals surface area contributed by atoms with Gasteiger partial charge in [-0.15, -0.1) is 11.3 Å². The summed E-state index contributed by atoms with van der Waals surface area (Å²) in [5, 5.41) is 7.83. The van der Waals surface area contributed by atoms with E-state index in [1.165, 1.54) is 10.4 Å². The lowest BCUT2D eigenvalue weighted by Gasteiger charge is -2.10. The molecule has 0 saturated carbocycles. The molecule has 0 spiro atoms. The molecular formula is C11H14N2S2. The van der Waals surface area contributed by atoms with Crippen LogP contribution in [0.5, 0.6) is 0 Å². The van der Waals surface area contributed by atoms with Crippen LogP contribution >= 0.6 is 22.7 Å². The first-order chi connectivity index (χ1) is 7.36. The monoisotopic (exact) mass is 238 g/mol. The van der Waals surface area contributed by atoms with Crippen molar-refractivity contribution in [3.05, 3.63) is 39.0 Å². The predicted octanol–water partition coefficient (Wildman–Crippen LogP) is 3.10. The van der Waals surface area contributed by atoms with E-state index in [0.717, 1.165) is 13.0 Å². The van der Waals surface area contributed by atoms with Gasteiger partial charge in [-0.05, 0) is 42.3 Å². The molecule has 0 fully saturated rings. The second-order valence-corrected chi connectivity index (χ2v) is 5.16. The minimum absolute atomic E-state index is 0.413. The van der Waals surface area contributed by atoms with Crippen molar-refractivity contribution in [3.8, 4) is 0 Å². The van der Waals surface area contributed by atoms with E-state index in [1.54, 1.807) is 22.7 Å². The summed E-state index contributed by atoms with van der Waals surface area (Å²) in [4.78, 5) is 5.39. The van der Waals surface area contributed by atoms with Gasteiger partial charge in [-0.25, -0.2) is 0 Å². The van der Waals surface area contributed by atoms with Gasteiger partial charge >= 0.3 is 0 Å². The molecule has 0 bridgehead atoms. The van der Waals surface area contributed by atoms with Crippen LogP contribution in [-0.4, -0.2) is 11.5 Å². The van der Waals surface area contributed by atoms with Gasteiger partial charge in [-0.3, -0.25) is 4.98 Å². The van der Waals surface area contributed by atoms with Crippen molar-refractivity contribution in [1.82, 2.24) is 10.3 Å². The van der Waals surface area contributed by atoms with Crippen molar-refractivity contribution in [2.24, 2.45) is 0 Å². The molecule has 1 atom stereocenters. The topological polar surface area (TPSA) is 24.9 Å². The Labute approximate surface area is 98.0 Å². The maximum Gasteiger partial charge on any atom is 0.0794 e. The van der Waals surface area contributed by atoms with Gasteiger partial charge in [-0.2, -0.15) is 11.3 Å². The number of thiophene rings is 1. The molecule has 2 aromatic heterocycles. The van der Waals surface area contributed by atoms with Crippen LogP contribution < -0.4 is 5.32 Å². The van der Waals surface area contributed by atoms with E-state index in [2.05, 4.69) is 34.1 Å². The van der Waals surface area contributed by atoms with Gasteiger partial charge in [0.05, 0.1) is 5.51 Å². The number of rotatable bonds is 5. The summed E-state index contributed by atoms with van der Waals surface area (Å²) in [6, 6.07) is 2.60. The molecule has 0 radical (unpaired) electrons. The number of aromatic nitrogens is 1. The zero-order valence-electron chi connectivity index (χ0n) is 8.64. The van der Waals surface area contributed by atoms with Crippen LogP contribution in [0.2, 0.25) is 0 Å². The highest BCUT2D eigenvalue weighted by Crippen LogP contribution is 2.16. The first-order valence-corrected chi connectivity index (χ1v) is 6.81. The minimum Gasteiger partial charge on any atom is -0.309 e. The third-order valence-corrected chi connectivity index (χ3v) is 4.01. The number of hydrogen-bond acceptors (Lipinski definition) is 4. The van der Waals surface area contributed by atoms with Crippen LogP contribution in [-0.2, 0) is 6.42 Å². The molecule has 2 aromatic rings. The highest BCUT2D eigenvalue weighted by atomic mass is 32.1. The normalized spacial score (nSPS) is 12.9. The second-order valence-electron chi connectivity index (χ2n) is 3.46. The maximum atomic E-state index is 4.08. The van der Waals surface area contributed by atoms with Crippen molar-refractivity contribution in [2.45, 2.75) is 19.4 Å². The lowest BCUT2D eigenvalue weighted by molar-refractivity contribution is 0.584. The number of nitrogens with zero attached hydrogens (tertiary/aromatic N) is 1. The molecule has 0 saturated heterocycles. The molecule has 1 unspecified atom stereocenters. The first-order valence-electron chi connectivity index (χ1n) is 4.99. The molecule has 0 aromatic carbocycles. The Morgan fingerprint density at radius 3 is 3.13 bits per heavy atom. The maximum absolute atomic E-state index is 4.08. The third-order valence-electron chi connectivity index (χ3n) is 2.32. The molecule has 0 aliphatic rings. The molecule has 15 heavy (non-hydrogen) atoms. The summed E-state index contributed by atoms with van der Waals surface area (Å²) in [6.45, 7) is 3.21. The van der Waals surface area contributed by atoms with Gasteiger partial charge in [0.15, 0.2) is 0 Å². The lowest BCUT2D eigenvalue weighted by atomic mass is 10.2. The average Bonchev–Trinajstić information content (AvgIpc) is 2.90. The van der Waals surface area contributed by atoms with Gasteiger partial charge in [0, 0.05) is 17.1 Å². The van der Waals surface area contributed by atoms with Crippen LogP contribution in [0.4, 0.5) is 0 Å². The van der Waals surface area contributed by atoms with Gasteiger partial charge in [0.2, 0.25) is 0 Å². The Morgan fingerprint density at radius 1 is 1.53 bits per heavy atom. The van der Waals surface area contributed by atoms with Crippen molar-refractivity contribution in [3.63, 3.8) is 0 Å². The standard InChI is InChI=1S/C11H14N2S2/c1-9(11-6-12-8-15-11)13-4-2-10-3-5-14-7-10/h3,5-9,13H,2,4H2,1H3. The van der Waals surface area contributed by atoms with Crippen LogP contribution in [0, 0.1) is 0 Å². The van der Waals surface area contributed by atoms with E-state index in [-0.39, 0.29) is 0 Å². The summed E-state index contributed by atoms with van der Waals surface area (Å²) in [6.07, 6.45) is 3.04. The highest BCUT2D eigenvalue weighted by molar-refractivity contribution is 7.09. The summed E-state index contributed by atoms with van der Waals surface area (Å²) in [5.74, 6) is 0. The second kappa shape index (κ2) is 5.39. The Balaban J connectivity index is 1.74. The molecule has 1 N–H and O–H groups in total. The average molecular weight is 238 g/mol. The summed E-state index contributed by atoms with van der Waals surface area (Å²) in [5.41, 5.74) is 3.30. The molecule has 0 amide bonds. The fourth-order valence-electron chi connectivity index (χ4n) is 1.41. The molecule has 4 heteroatoms. The van der Waals surface area contributed by atoms with Gasteiger partial charge < -0.3 is 5.32 Å². The van der Waals surface area contributed by atoms with Crippen molar-refractivity contribution in [1.29, 1.82) is 0 Å². The zero-order valence-corrected chi connectivity index (χ0v) is 10.3. The lowest BCUT2D eigenvalue weighted by Crippen LogP contribution is -2.20. The van der Waals surface area contributed by atoms with E-state index in [1.807, 2.05) is 11.7 Å². The number of thiazole rings is 1. The van der Waals surface area contributed by atoms with Crippen LogP contribution in [0.1, 0.15) is 23.4 Å². The molecule has 2 heterocycles. The van der Waals surface area contributed by atoms with Gasteiger partial charge in [-0.1, -0.05) is 0 Å². The Morgan fingerprint density at radius 2 is 2.47 bits per heavy atom. The van der Waals surface area contributed by atoms with Crippen molar-refractivity contribution in [2.75, 3.05) is 6.54 Å². The van der Waals surface area contributed by atoms with E-state index in [4.69, 9.17) is 0 Å². The van der Waals surface area contributed by atoms with E-state index in [9.17, 15) is 0 Å². The Kier molecular flexibility index (Phi) is 3.88. The van der Waals surface area contributed by atoms with Crippen molar-refractivity contribution < 1.29 is 0 Å². The SMILES string of the molecule is CC(NCCc1ccsc1)c1cncs1. The largest absolute Gasteiger partial charge is 0.309 e. The molecule has 0 aliphatic carbocycles. The predicted molar refractivity (Wildman–Crippen MR) is 66.6 cm³/mol. The fraction of sp³-hybridized carbons (Fsp3) is 0.364. The van der Waals surface area contributed by atoms with E-state index < -0.39 is 0 Å². The van der Waals surface area contributed by atoms with Crippen molar-refractivity contribution >= 4 is 22.7 Å². The quantitative estimate of drug-likeness (QED) is 0.866. The van der Waals surface area contributed by atoms with E-state index >= 15 is 0 Å². The minimum atomic E-state index is 0.413. The smallest absolute Gasteiger partial charge is 0.0794 e. The van der Waals surface area contributed by atoms with Crippen LogP contribution in [0.15, 0.2) is 28.5 Å². The molecule has 2 rings (SSSR count). The molecule has 0 aliphatic heterocycles. The van der Waals surface area contributed by atoms with E-state index in [0.29, 0.717) is 6.04 Å². The van der Waals surface area contributed by atoms with Gasteiger partial charge in [0.1, 0.15) is 0 Å². The number of nitrogens with one attached hydrogen (secondary N) is 1. The summed E-state index contributed by atoms with van der Waals surface area (Å²) >= 11 is 3.47. The fourth-order valence-corrected chi connectivity index (χ4v) is 2.76. The Bertz CT molecular complexity index is 367.